The van der Waals surface area contributed by atoms with Gasteiger partial charge in [0, 0.05) is 31.7 Å². The molecule has 1 aliphatic heterocycles. The van der Waals surface area contributed by atoms with Crippen molar-refractivity contribution in [2.75, 3.05) is 26.2 Å². The lowest BCUT2D eigenvalue weighted by Gasteiger charge is -2.34. The molecule has 1 fully saturated rings. The molecule has 0 saturated carbocycles. The molecule has 1 aromatic heterocycles. The SMILES string of the molecule is Cc1cccc(-c2n[nH]c(=S)n2CC(=O)N2CCN(S(=O)(=O)c3ccc(F)c(F)c3)CC2)c1. The molecule has 1 saturated heterocycles. The van der Waals surface area contributed by atoms with E-state index < -0.39 is 21.7 Å². The molecule has 0 unspecified atom stereocenters. The number of nitrogens with one attached hydrogen (secondary N) is 1. The van der Waals surface area contributed by atoms with Crippen molar-refractivity contribution in [1.82, 2.24) is 24.0 Å². The molecule has 33 heavy (non-hydrogen) atoms. The minimum absolute atomic E-state index is 0.0363. The summed E-state index contributed by atoms with van der Waals surface area (Å²) in [6.07, 6.45) is 0. The van der Waals surface area contributed by atoms with E-state index in [-0.39, 0.29) is 43.5 Å². The standard InChI is InChI=1S/C21H21F2N5O3S2/c1-14-3-2-4-15(11-14)20-24-25-21(32)28(20)13-19(29)26-7-9-27(10-8-26)33(30,31)16-5-6-17(22)18(23)12-16/h2-6,11-12H,7-10,13H2,1H3,(H,25,32). The summed E-state index contributed by atoms with van der Waals surface area (Å²) in [5.74, 6) is -2.04. The van der Waals surface area contributed by atoms with Gasteiger partial charge < -0.3 is 4.90 Å². The Bertz CT molecular complexity index is 1360. The van der Waals surface area contributed by atoms with E-state index in [9.17, 15) is 22.0 Å². The molecular formula is C21H21F2N5O3S2. The van der Waals surface area contributed by atoms with Gasteiger partial charge in [-0.2, -0.15) is 9.40 Å². The zero-order valence-electron chi connectivity index (χ0n) is 17.7. The smallest absolute Gasteiger partial charge is 0.243 e. The second kappa shape index (κ2) is 9.12. The van der Waals surface area contributed by atoms with Crippen molar-refractivity contribution in [2.45, 2.75) is 18.4 Å². The predicted molar refractivity (Wildman–Crippen MR) is 119 cm³/mol. The number of carbonyl (C=O) groups excluding carboxylic acids is 1. The third kappa shape index (κ3) is 4.72. The first-order chi connectivity index (χ1) is 15.7. The summed E-state index contributed by atoms with van der Waals surface area (Å²) < 4.78 is 55.3. The number of amides is 1. The van der Waals surface area contributed by atoms with Crippen LogP contribution in [0.3, 0.4) is 0 Å². The third-order valence-electron chi connectivity index (χ3n) is 5.45. The number of benzene rings is 2. The molecule has 3 aromatic rings. The maximum Gasteiger partial charge on any atom is 0.243 e. The van der Waals surface area contributed by atoms with Gasteiger partial charge in [-0.15, -0.1) is 0 Å². The Kier molecular flexibility index (Phi) is 6.41. The quantitative estimate of drug-likeness (QED) is 0.552. The van der Waals surface area contributed by atoms with Gasteiger partial charge >= 0.3 is 0 Å². The highest BCUT2D eigenvalue weighted by molar-refractivity contribution is 7.89. The summed E-state index contributed by atoms with van der Waals surface area (Å²) >= 11 is 5.30. The molecule has 4 rings (SSSR count). The number of halogens is 2. The first-order valence-corrected chi connectivity index (χ1v) is 12.0. The van der Waals surface area contributed by atoms with Gasteiger partial charge in [0.1, 0.15) is 6.54 Å². The number of hydrogen-bond acceptors (Lipinski definition) is 5. The zero-order chi connectivity index (χ0) is 23.8. The molecule has 1 N–H and O–H groups in total. The van der Waals surface area contributed by atoms with E-state index in [0.717, 1.165) is 27.6 Å². The second-order valence-electron chi connectivity index (χ2n) is 7.67. The van der Waals surface area contributed by atoms with Crippen molar-refractivity contribution in [3.05, 3.63) is 64.4 Å². The molecule has 0 atom stereocenters. The molecule has 2 aromatic carbocycles. The number of carbonyl (C=O) groups is 1. The highest BCUT2D eigenvalue weighted by Gasteiger charge is 2.31. The van der Waals surface area contributed by atoms with E-state index in [1.165, 1.54) is 0 Å². The van der Waals surface area contributed by atoms with Crippen LogP contribution in [0.5, 0.6) is 0 Å². The molecule has 1 amide bonds. The molecule has 1 aliphatic rings. The monoisotopic (exact) mass is 493 g/mol. The topological polar surface area (TPSA) is 91.3 Å². The van der Waals surface area contributed by atoms with E-state index in [1.807, 2.05) is 31.2 Å². The Morgan fingerprint density at radius 3 is 2.48 bits per heavy atom. The largest absolute Gasteiger partial charge is 0.338 e. The fraction of sp³-hybridized carbons (Fsp3) is 0.286. The number of piperazine rings is 1. The van der Waals surface area contributed by atoms with Gasteiger partial charge in [0.25, 0.3) is 0 Å². The number of hydrogen-bond donors (Lipinski definition) is 1. The van der Waals surface area contributed by atoms with Crippen molar-refractivity contribution < 1.29 is 22.0 Å². The lowest BCUT2D eigenvalue weighted by Crippen LogP contribution is -2.51. The number of nitrogens with zero attached hydrogens (tertiary/aromatic N) is 4. The van der Waals surface area contributed by atoms with Gasteiger partial charge in [-0.1, -0.05) is 23.8 Å². The fourth-order valence-corrected chi connectivity index (χ4v) is 5.30. The van der Waals surface area contributed by atoms with Crippen molar-refractivity contribution in [3.8, 4) is 11.4 Å². The van der Waals surface area contributed by atoms with E-state index in [0.29, 0.717) is 16.7 Å². The number of aromatic nitrogens is 3. The first kappa shape index (κ1) is 23.2. The summed E-state index contributed by atoms with van der Waals surface area (Å²) in [5, 5.41) is 6.96. The summed E-state index contributed by atoms with van der Waals surface area (Å²) in [6.45, 7) is 2.30. The van der Waals surface area contributed by atoms with Crippen LogP contribution >= 0.6 is 12.2 Å². The number of aryl methyl sites for hydroxylation is 1. The Labute approximate surface area is 194 Å². The van der Waals surface area contributed by atoms with Gasteiger partial charge in [0.05, 0.1) is 4.90 Å². The summed E-state index contributed by atoms with van der Waals surface area (Å²) in [6, 6.07) is 10.1. The van der Waals surface area contributed by atoms with E-state index >= 15 is 0 Å². The van der Waals surface area contributed by atoms with E-state index in [2.05, 4.69) is 10.2 Å². The van der Waals surface area contributed by atoms with Crippen LogP contribution in [0.4, 0.5) is 8.78 Å². The van der Waals surface area contributed by atoms with Crippen LogP contribution in [0.25, 0.3) is 11.4 Å². The average molecular weight is 494 g/mol. The maximum absolute atomic E-state index is 13.5. The summed E-state index contributed by atoms with van der Waals surface area (Å²) in [5.41, 5.74) is 1.86. The molecular weight excluding hydrogens is 472 g/mol. The summed E-state index contributed by atoms with van der Waals surface area (Å²) in [7, 11) is -4.00. The fourth-order valence-electron chi connectivity index (χ4n) is 3.67. The second-order valence-corrected chi connectivity index (χ2v) is 9.99. The molecule has 8 nitrogen and oxygen atoms in total. The molecule has 12 heteroatoms. The highest BCUT2D eigenvalue weighted by Crippen LogP contribution is 2.21. The van der Waals surface area contributed by atoms with Gasteiger partial charge in [-0.05, 0) is 43.4 Å². The van der Waals surface area contributed by atoms with Crippen LogP contribution in [-0.4, -0.2) is 64.5 Å². The Hall–Kier alpha value is -2.96. The normalized spacial score (nSPS) is 15.1. The number of sulfonamides is 1. The Morgan fingerprint density at radius 2 is 1.82 bits per heavy atom. The molecule has 0 radical (unpaired) electrons. The Balaban J connectivity index is 1.45. The third-order valence-corrected chi connectivity index (χ3v) is 7.65. The Morgan fingerprint density at radius 1 is 1.09 bits per heavy atom. The van der Waals surface area contributed by atoms with Gasteiger partial charge in [0.15, 0.2) is 22.2 Å². The molecule has 0 bridgehead atoms. The zero-order valence-corrected chi connectivity index (χ0v) is 19.3. The van der Waals surface area contributed by atoms with Gasteiger partial charge in [-0.25, -0.2) is 17.2 Å². The minimum Gasteiger partial charge on any atom is -0.338 e. The molecule has 0 spiro atoms. The van der Waals surface area contributed by atoms with Crippen molar-refractivity contribution >= 4 is 28.1 Å². The minimum atomic E-state index is -4.00. The van der Waals surface area contributed by atoms with Crippen LogP contribution in [0, 0.1) is 23.3 Å². The highest BCUT2D eigenvalue weighted by atomic mass is 32.2. The average Bonchev–Trinajstić information content (AvgIpc) is 3.15. The van der Waals surface area contributed by atoms with Crippen LogP contribution in [0.2, 0.25) is 0 Å². The number of rotatable bonds is 5. The van der Waals surface area contributed by atoms with Crippen LogP contribution in [0.15, 0.2) is 47.4 Å². The van der Waals surface area contributed by atoms with Crippen LogP contribution < -0.4 is 0 Å². The van der Waals surface area contributed by atoms with Crippen LogP contribution in [0.1, 0.15) is 5.56 Å². The molecule has 0 aliphatic carbocycles. The first-order valence-electron chi connectivity index (χ1n) is 10.1. The van der Waals surface area contributed by atoms with E-state index in [4.69, 9.17) is 12.2 Å². The lowest BCUT2D eigenvalue weighted by atomic mass is 10.1. The molecule has 2 heterocycles. The van der Waals surface area contributed by atoms with E-state index in [1.54, 1.807) is 9.47 Å². The van der Waals surface area contributed by atoms with Gasteiger partial charge in [-0.3, -0.25) is 14.5 Å². The van der Waals surface area contributed by atoms with Crippen molar-refractivity contribution in [1.29, 1.82) is 0 Å². The number of H-pyrrole nitrogens is 1. The van der Waals surface area contributed by atoms with Crippen LogP contribution in [-0.2, 0) is 21.4 Å². The van der Waals surface area contributed by atoms with Crippen molar-refractivity contribution in [2.24, 2.45) is 0 Å². The predicted octanol–water partition coefficient (Wildman–Crippen LogP) is 2.73. The number of aromatic amines is 1. The lowest BCUT2D eigenvalue weighted by molar-refractivity contribution is -0.133. The maximum atomic E-state index is 13.5. The van der Waals surface area contributed by atoms with Gasteiger partial charge in [0.2, 0.25) is 15.9 Å². The van der Waals surface area contributed by atoms with Crippen molar-refractivity contribution in [3.63, 3.8) is 0 Å². The molecule has 174 valence electrons. The summed E-state index contributed by atoms with van der Waals surface area (Å²) in [4.78, 5) is 14.2.